The minimum atomic E-state index is -0.141. The maximum absolute atomic E-state index is 11.8. The normalized spacial score (nSPS) is 23.2. The summed E-state index contributed by atoms with van der Waals surface area (Å²) in [6.07, 6.45) is 9.73. The number of ether oxygens (including phenoxy) is 1. The molecular weight excluding hydrogens is 240 g/mol. The number of carbonyl (C=O) groups is 2. The Morgan fingerprint density at radius 3 is 2.84 bits per heavy atom. The molecule has 1 saturated carbocycles. The third-order valence-electron chi connectivity index (χ3n) is 3.73. The van der Waals surface area contributed by atoms with E-state index in [1.165, 1.54) is 0 Å². The average molecular weight is 266 g/mol. The van der Waals surface area contributed by atoms with Gasteiger partial charge >= 0.3 is 5.97 Å². The Hall–Kier alpha value is -1.12. The second-order valence-corrected chi connectivity index (χ2v) is 5.27. The van der Waals surface area contributed by atoms with Gasteiger partial charge in [-0.25, -0.2) is 0 Å². The van der Waals surface area contributed by atoms with E-state index in [2.05, 4.69) is 26.0 Å². The fourth-order valence-electron chi connectivity index (χ4n) is 2.56. The lowest BCUT2D eigenvalue weighted by molar-refractivity contribution is -0.145. The van der Waals surface area contributed by atoms with Crippen LogP contribution in [-0.2, 0) is 14.3 Å². The van der Waals surface area contributed by atoms with Gasteiger partial charge < -0.3 is 4.74 Å². The van der Waals surface area contributed by atoms with E-state index in [9.17, 15) is 9.59 Å². The molecule has 1 aliphatic rings. The lowest BCUT2D eigenvalue weighted by atomic mass is 9.89. The Morgan fingerprint density at radius 1 is 1.37 bits per heavy atom. The molecule has 0 saturated heterocycles. The van der Waals surface area contributed by atoms with Crippen molar-refractivity contribution in [2.45, 2.75) is 58.8 Å². The molecular formula is C16H26O3. The highest BCUT2D eigenvalue weighted by molar-refractivity contribution is 5.84. The van der Waals surface area contributed by atoms with E-state index in [-0.39, 0.29) is 17.8 Å². The highest BCUT2D eigenvalue weighted by atomic mass is 16.5. The maximum atomic E-state index is 11.8. The van der Waals surface area contributed by atoms with Gasteiger partial charge in [0.05, 0.1) is 6.61 Å². The molecule has 108 valence electrons. The number of esters is 1. The Balaban J connectivity index is 2.40. The summed E-state index contributed by atoms with van der Waals surface area (Å²) < 4.78 is 5.19. The monoisotopic (exact) mass is 266 g/mol. The first-order chi connectivity index (χ1) is 9.19. The third-order valence-corrected chi connectivity index (χ3v) is 3.73. The van der Waals surface area contributed by atoms with Gasteiger partial charge in [0.2, 0.25) is 0 Å². The van der Waals surface area contributed by atoms with Crippen molar-refractivity contribution >= 4 is 11.8 Å². The number of unbranched alkanes of at least 4 members (excludes halogenated alkanes) is 1. The third kappa shape index (κ3) is 5.58. The van der Waals surface area contributed by atoms with Gasteiger partial charge in [-0.2, -0.15) is 0 Å². The van der Waals surface area contributed by atoms with Gasteiger partial charge in [0.25, 0.3) is 0 Å². The second-order valence-electron chi connectivity index (χ2n) is 5.27. The molecule has 3 heteroatoms. The first-order valence-corrected chi connectivity index (χ1v) is 7.52. The number of hydrogen-bond acceptors (Lipinski definition) is 3. The SMILES string of the molecule is CCC=CCC1C(=O)CCC1CC(=O)OCCCC. The summed E-state index contributed by atoms with van der Waals surface area (Å²) in [7, 11) is 0. The van der Waals surface area contributed by atoms with E-state index in [4.69, 9.17) is 4.74 Å². The van der Waals surface area contributed by atoms with E-state index in [0.29, 0.717) is 25.2 Å². The van der Waals surface area contributed by atoms with Crippen molar-refractivity contribution in [3.63, 3.8) is 0 Å². The molecule has 0 N–H and O–H groups in total. The molecule has 0 aromatic heterocycles. The van der Waals surface area contributed by atoms with Crippen LogP contribution in [0.4, 0.5) is 0 Å². The van der Waals surface area contributed by atoms with Crippen molar-refractivity contribution in [3.8, 4) is 0 Å². The van der Waals surface area contributed by atoms with Gasteiger partial charge in [-0.1, -0.05) is 32.4 Å². The molecule has 1 fully saturated rings. The zero-order valence-electron chi connectivity index (χ0n) is 12.2. The molecule has 0 radical (unpaired) electrons. The van der Waals surface area contributed by atoms with Gasteiger partial charge in [0, 0.05) is 18.8 Å². The number of allylic oxidation sites excluding steroid dienone is 2. The minimum absolute atomic E-state index is 0.0292. The quantitative estimate of drug-likeness (QED) is 0.382. The van der Waals surface area contributed by atoms with Crippen LogP contribution >= 0.6 is 0 Å². The molecule has 0 aromatic rings. The fraction of sp³-hybridized carbons (Fsp3) is 0.750. The fourth-order valence-corrected chi connectivity index (χ4v) is 2.56. The molecule has 1 rings (SSSR count). The van der Waals surface area contributed by atoms with Crippen LogP contribution in [0, 0.1) is 11.8 Å². The number of hydrogen-bond donors (Lipinski definition) is 0. The minimum Gasteiger partial charge on any atom is -0.466 e. The zero-order valence-corrected chi connectivity index (χ0v) is 12.2. The molecule has 0 bridgehead atoms. The largest absolute Gasteiger partial charge is 0.466 e. The first-order valence-electron chi connectivity index (χ1n) is 7.52. The van der Waals surface area contributed by atoms with Gasteiger partial charge in [0.1, 0.15) is 5.78 Å². The smallest absolute Gasteiger partial charge is 0.306 e. The lowest BCUT2D eigenvalue weighted by Crippen LogP contribution is -2.19. The number of Topliss-reactive ketones (excluding diaryl/α,β-unsaturated/α-hetero) is 1. The number of rotatable bonds is 8. The van der Waals surface area contributed by atoms with Crippen LogP contribution in [0.5, 0.6) is 0 Å². The summed E-state index contributed by atoms with van der Waals surface area (Å²) in [5.41, 5.74) is 0. The predicted octanol–water partition coefficient (Wildman–Crippen LogP) is 3.67. The summed E-state index contributed by atoms with van der Waals surface area (Å²) in [6, 6.07) is 0. The van der Waals surface area contributed by atoms with Crippen LogP contribution in [0.2, 0.25) is 0 Å². The number of carbonyl (C=O) groups excluding carboxylic acids is 2. The molecule has 0 aromatic carbocycles. The van der Waals surface area contributed by atoms with Gasteiger partial charge in [0.15, 0.2) is 0 Å². The van der Waals surface area contributed by atoms with Crippen LogP contribution in [0.15, 0.2) is 12.2 Å². The molecule has 0 heterocycles. The summed E-state index contributed by atoms with van der Waals surface area (Å²) in [6.45, 7) is 4.66. The standard InChI is InChI=1S/C16H26O3/c1-3-5-7-8-14-13(9-10-15(14)17)12-16(18)19-11-6-4-2/h5,7,13-14H,3-4,6,8-12H2,1-2H3. The van der Waals surface area contributed by atoms with Crippen LogP contribution in [0.1, 0.15) is 58.8 Å². The first kappa shape index (κ1) is 15.9. The van der Waals surface area contributed by atoms with Crippen molar-refractivity contribution in [1.82, 2.24) is 0 Å². The molecule has 0 aliphatic heterocycles. The Bertz CT molecular complexity index is 320. The average Bonchev–Trinajstić information content (AvgIpc) is 2.72. The maximum Gasteiger partial charge on any atom is 0.306 e. The van der Waals surface area contributed by atoms with Gasteiger partial charge in [-0.15, -0.1) is 0 Å². The van der Waals surface area contributed by atoms with E-state index < -0.39 is 0 Å². The van der Waals surface area contributed by atoms with Crippen LogP contribution < -0.4 is 0 Å². The summed E-state index contributed by atoms with van der Waals surface area (Å²) in [4.78, 5) is 23.5. The molecule has 0 spiro atoms. The molecule has 3 nitrogen and oxygen atoms in total. The Labute approximate surface area is 116 Å². The molecule has 19 heavy (non-hydrogen) atoms. The second kappa shape index (κ2) is 8.89. The van der Waals surface area contributed by atoms with Crippen LogP contribution in [-0.4, -0.2) is 18.4 Å². The van der Waals surface area contributed by atoms with Crippen molar-refractivity contribution < 1.29 is 14.3 Å². The summed E-state index contributed by atoms with van der Waals surface area (Å²) >= 11 is 0. The molecule has 2 unspecified atom stereocenters. The Kier molecular flexibility index (Phi) is 7.46. The van der Waals surface area contributed by atoms with E-state index >= 15 is 0 Å². The zero-order chi connectivity index (χ0) is 14.1. The van der Waals surface area contributed by atoms with Crippen molar-refractivity contribution in [2.75, 3.05) is 6.61 Å². The summed E-state index contributed by atoms with van der Waals surface area (Å²) in [5.74, 6) is 0.384. The topological polar surface area (TPSA) is 43.4 Å². The van der Waals surface area contributed by atoms with E-state index in [0.717, 1.165) is 32.1 Å². The van der Waals surface area contributed by atoms with Crippen LogP contribution in [0.3, 0.4) is 0 Å². The highest BCUT2D eigenvalue weighted by Gasteiger charge is 2.35. The van der Waals surface area contributed by atoms with Gasteiger partial charge in [-0.05, 0) is 31.6 Å². The van der Waals surface area contributed by atoms with Crippen molar-refractivity contribution in [1.29, 1.82) is 0 Å². The molecule has 2 atom stereocenters. The Morgan fingerprint density at radius 2 is 2.16 bits per heavy atom. The molecule has 1 aliphatic carbocycles. The van der Waals surface area contributed by atoms with E-state index in [1.807, 2.05) is 0 Å². The van der Waals surface area contributed by atoms with Crippen molar-refractivity contribution in [3.05, 3.63) is 12.2 Å². The summed E-state index contributed by atoms with van der Waals surface area (Å²) in [5, 5.41) is 0. The molecule has 0 amide bonds. The lowest BCUT2D eigenvalue weighted by Gasteiger charge is -2.16. The predicted molar refractivity (Wildman–Crippen MR) is 75.8 cm³/mol. The van der Waals surface area contributed by atoms with Gasteiger partial charge in [-0.3, -0.25) is 9.59 Å². The van der Waals surface area contributed by atoms with Crippen LogP contribution in [0.25, 0.3) is 0 Å². The number of ketones is 1. The highest BCUT2D eigenvalue weighted by Crippen LogP contribution is 2.34. The van der Waals surface area contributed by atoms with E-state index in [1.54, 1.807) is 0 Å². The van der Waals surface area contributed by atoms with Crippen molar-refractivity contribution in [2.24, 2.45) is 11.8 Å².